The first-order valence-corrected chi connectivity index (χ1v) is 10.6. The molecule has 2 aliphatic heterocycles. The fourth-order valence-corrected chi connectivity index (χ4v) is 4.13. The number of rotatable bonds is 6. The Morgan fingerprint density at radius 1 is 1.17 bits per heavy atom. The van der Waals surface area contributed by atoms with Crippen LogP contribution in [-0.2, 0) is 14.3 Å². The fourth-order valence-electron chi connectivity index (χ4n) is 4.13. The van der Waals surface area contributed by atoms with Gasteiger partial charge in [0, 0.05) is 44.5 Å². The van der Waals surface area contributed by atoms with E-state index in [1.54, 1.807) is 41.2 Å². The van der Waals surface area contributed by atoms with Gasteiger partial charge in [-0.15, -0.1) is 0 Å². The Morgan fingerprint density at radius 3 is 2.40 bits per heavy atom. The summed E-state index contributed by atoms with van der Waals surface area (Å²) in [5.74, 6) is 0.292. The number of carbonyl (C=O) groups excluding carboxylic acids is 3. The summed E-state index contributed by atoms with van der Waals surface area (Å²) in [6.07, 6.45) is 2.23. The predicted octanol–water partition coefficient (Wildman–Crippen LogP) is 1.79. The Hall–Kier alpha value is -2.61. The zero-order valence-electron chi connectivity index (χ0n) is 18.0. The molecule has 2 fully saturated rings. The molecule has 0 radical (unpaired) electrons. The van der Waals surface area contributed by atoms with Crippen LogP contribution in [0.25, 0.3) is 0 Å². The van der Waals surface area contributed by atoms with Crippen molar-refractivity contribution in [3.8, 4) is 5.75 Å². The SMILES string of the molecule is CCCNC(=O)C1COC2(CCN(C(=O)CC)CC2)N1C(=O)c1ccc(OC)cc1. The van der Waals surface area contributed by atoms with Crippen LogP contribution in [0.2, 0.25) is 0 Å². The molecule has 2 saturated heterocycles. The summed E-state index contributed by atoms with van der Waals surface area (Å²) < 4.78 is 11.3. The highest BCUT2D eigenvalue weighted by atomic mass is 16.5. The minimum atomic E-state index is -0.879. The van der Waals surface area contributed by atoms with Crippen LogP contribution in [0.15, 0.2) is 24.3 Å². The molecule has 1 aromatic carbocycles. The van der Waals surface area contributed by atoms with Crippen LogP contribution in [0.3, 0.4) is 0 Å². The number of ether oxygens (including phenoxy) is 2. The van der Waals surface area contributed by atoms with Crippen molar-refractivity contribution in [3.63, 3.8) is 0 Å². The molecule has 0 saturated carbocycles. The van der Waals surface area contributed by atoms with Crippen molar-refractivity contribution in [3.05, 3.63) is 29.8 Å². The van der Waals surface area contributed by atoms with Gasteiger partial charge in [-0.2, -0.15) is 0 Å². The number of nitrogens with one attached hydrogen (secondary N) is 1. The number of hydrogen-bond donors (Lipinski definition) is 1. The summed E-state index contributed by atoms with van der Waals surface area (Å²) in [5, 5.41) is 2.89. The normalized spacial score (nSPS) is 20.3. The molecule has 1 spiro atoms. The van der Waals surface area contributed by atoms with Gasteiger partial charge in [-0.1, -0.05) is 13.8 Å². The Balaban J connectivity index is 1.87. The number of hydrogen-bond acceptors (Lipinski definition) is 5. The maximum Gasteiger partial charge on any atom is 0.256 e. The van der Waals surface area contributed by atoms with Crippen molar-refractivity contribution in [1.29, 1.82) is 0 Å². The van der Waals surface area contributed by atoms with Gasteiger partial charge in [0.25, 0.3) is 5.91 Å². The lowest BCUT2D eigenvalue weighted by atomic mass is 9.96. The van der Waals surface area contributed by atoms with Crippen LogP contribution >= 0.6 is 0 Å². The number of benzene rings is 1. The largest absolute Gasteiger partial charge is 0.497 e. The molecule has 1 unspecified atom stereocenters. The minimum Gasteiger partial charge on any atom is -0.497 e. The third-order valence-corrected chi connectivity index (χ3v) is 5.87. The van der Waals surface area contributed by atoms with E-state index in [9.17, 15) is 14.4 Å². The summed E-state index contributed by atoms with van der Waals surface area (Å²) >= 11 is 0. The van der Waals surface area contributed by atoms with Crippen LogP contribution in [0.1, 0.15) is 49.9 Å². The van der Waals surface area contributed by atoms with E-state index in [0.717, 1.165) is 6.42 Å². The van der Waals surface area contributed by atoms with E-state index in [1.807, 2.05) is 13.8 Å². The molecule has 30 heavy (non-hydrogen) atoms. The zero-order valence-corrected chi connectivity index (χ0v) is 18.0. The van der Waals surface area contributed by atoms with E-state index in [2.05, 4.69) is 5.32 Å². The van der Waals surface area contributed by atoms with Gasteiger partial charge in [-0.3, -0.25) is 19.3 Å². The minimum absolute atomic E-state index is 0.0908. The molecule has 2 heterocycles. The molecule has 1 aromatic rings. The van der Waals surface area contributed by atoms with Crippen LogP contribution in [0, 0.1) is 0 Å². The first-order chi connectivity index (χ1) is 14.5. The van der Waals surface area contributed by atoms with Crippen LogP contribution in [0.5, 0.6) is 5.75 Å². The zero-order chi connectivity index (χ0) is 21.7. The van der Waals surface area contributed by atoms with E-state index in [1.165, 1.54) is 0 Å². The van der Waals surface area contributed by atoms with E-state index in [0.29, 0.717) is 50.2 Å². The van der Waals surface area contributed by atoms with Gasteiger partial charge < -0.3 is 19.7 Å². The summed E-state index contributed by atoms with van der Waals surface area (Å²) in [5.41, 5.74) is -0.406. The third-order valence-electron chi connectivity index (χ3n) is 5.87. The second kappa shape index (κ2) is 9.47. The Kier molecular flexibility index (Phi) is 6.97. The van der Waals surface area contributed by atoms with E-state index >= 15 is 0 Å². The summed E-state index contributed by atoms with van der Waals surface area (Å²) in [6.45, 7) is 5.52. The molecular formula is C22H31N3O5. The molecule has 8 heteroatoms. The lowest BCUT2D eigenvalue weighted by molar-refractivity contribution is -0.143. The maximum atomic E-state index is 13.5. The van der Waals surface area contributed by atoms with Crippen molar-refractivity contribution in [2.24, 2.45) is 0 Å². The number of methoxy groups -OCH3 is 1. The molecule has 3 rings (SSSR count). The van der Waals surface area contributed by atoms with Gasteiger partial charge in [0.1, 0.15) is 17.5 Å². The number of likely N-dealkylation sites (tertiary alicyclic amines) is 1. The highest BCUT2D eigenvalue weighted by Crippen LogP contribution is 2.38. The first kappa shape index (κ1) is 22.1. The second-order valence-corrected chi connectivity index (χ2v) is 7.70. The Morgan fingerprint density at radius 2 is 1.83 bits per heavy atom. The molecular weight excluding hydrogens is 386 g/mol. The standard InChI is InChI=1S/C22H31N3O5/c1-4-12-23-20(27)18-15-30-22(10-13-24(14-11-22)19(26)5-2)25(18)21(28)16-6-8-17(29-3)9-7-16/h6-9,18H,4-5,10-15H2,1-3H3,(H,23,27). The maximum absolute atomic E-state index is 13.5. The lowest BCUT2D eigenvalue weighted by Gasteiger charge is -2.44. The highest BCUT2D eigenvalue weighted by Gasteiger charge is 2.54. The van der Waals surface area contributed by atoms with Gasteiger partial charge in [-0.05, 0) is 30.7 Å². The smallest absolute Gasteiger partial charge is 0.256 e. The molecule has 8 nitrogen and oxygen atoms in total. The fraction of sp³-hybridized carbons (Fsp3) is 0.591. The molecule has 3 amide bonds. The van der Waals surface area contributed by atoms with E-state index < -0.39 is 11.8 Å². The first-order valence-electron chi connectivity index (χ1n) is 10.6. The Bertz CT molecular complexity index is 771. The number of piperidine rings is 1. The van der Waals surface area contributed by atoms with Crippen LogP contribution < -0.4 is 10.1 Å². The van der Waals surface area contributed by atoms with Gasteiger partial charge in [-0.25, -0.2) is 0 Å². The molecule has 0 aliphatic carbocycles. The summed E-state index contributed by atoms with van der Waals surface area (Å²) in [6, 6.07) is 6.16. The average molecular weight is 418 g/mol. The topological polar surface area (TPSA) is 88.2 Å². The highest BCUT2D eigenvalue weighted by molar-refractivity contribution is 5.98. The van der Waals surface area contributed by atoms with Crippen molar-refractivity contribution < 1.29 is 23.9 Å². The molecule has 0 bridgehead atoms. The van der Waals surface area contributed by atoms with Gasteiger partial charge in [0.2, 0.25) is 11.8 Å². The summed E-state index contributed by atoms with van der Waals surface area (Å²) in [4.78, 5) is 41.8. The van der Waals surface area contributed by atoms with Crippen molar-refractivity contribution in [1.82, 2.24) is 15.1 Å². The van der Waals surface area contributed by atoms with Gasteiger partial charge in [0.05, 0.1) is 13.7 Å². The molecule has 2 aliphatic rings. The number of carbonyl (C=O) groups is 3. The Labute approximate surface area is 177 Å². The van der Waals surface area contributed by atoms with Gasteiger partial charge >= 0.3 is 0 Å². The van der Waals surface area contributed by atoms with Gasteiger partial charge in [0.15, 0.2) is 0 Å². The predicted molar refractivity (Wildman–Crippen MR) is 111 cm³/mol. The monoisotopic (exact) mass is 417 g/mol. The number of nitrogens with zero attached hydrogens (tertiary/aromatic N) is 2. The average Bonchev–Trinajstić information content (AvgIpc) is 3.15. The van der Waals surface area contributed by atoms with Crippen molar-refractivity contribution in [2.45, 2.75) is 51.3 Å². The quantitative estimate of drug-likeness (QED) is 0.762. The van der Waals surface area contributed by atoms with Crippen LogP contribution in [0.4, 0.5) is 0 Å². The molecule has 1 atom stereocenters. The van der Waals surface area contributed by atoms with Crippen molar-refractivity contribution in [2.75, 3.05) is 33.4 Å². The molecule has 0 aromatic heterocycles. The summed E-state index contributed by atoms with van der Waals surface area (Å²) in [7, 11) is 1.57. The van der Waals surface area contributed by atoms with E-state index in [4.69, 9.17) is 9.47 Å². The van der Waals surface area contributed by atoms with E-state index in [-0.39, 0.29) is 24.3 Å². The third kappa shape index (κ3) is 4.28. The second-order valence-electron chi connectivity index (χ2n) is 7.70. The lowest BCUT2D eigenvalue weighted by Crippen LogP contribution is -2.59. The van der Waals surface area contributed by atoms with Crippen molar-refractivity contribution >= 4 is 17.7 Å². The number of amides is 3. The molecule has 164 valence electrons. The van der Waals surface area contributed by atoms with Crippen LogP contribution in [-0.4, -0.2) is 72.6 Å². The molecule has 1 N–H and O–H groups in total.